The highest BCUT2D eigenvalue weighted by atomic mass is 16.4. The lowest BCUT2D eigenvalue weighted by Gasteiger charge is -2.12. The smallest absolute Gasteiger partial charge is 0.373 e. The summed E-state index contributed by atoms with van der Waals surface area (Å²) in [6.07, 6.45) is 14.3. The zero-order valence-electron chi connectivity index (χ0n) is 15.0. The number of unbranched alkanes of at least 4 members (excludes halogenated alkanes) is 7. The van der Waals surface area contributed by atoms with Crippen molar-refractivity contribution < 1.29 is 14.5 Å². The molecule has 0 saturated heterocycles. The first-order valence-electron chi connectivity index (χ1n) is 8.97. The van der Waals surface area contributed by atoms with Crippen LogP contribution < -0.4 is 9.47 Å². The van der Waals surface area contributed by atoms with Gasteiger partial charge in [-0.05, 0) is 6.42 Å². The van der Waals surface area contributed by atoms with Crippen LogP contribution in [-0.2, 0) is 4.79 Å². The first-order chi connectivity index (χ1) is 11.1. The van der Waals surface area contributed by atoms with Crippen LogP contribution in [0.5, 0.6) is 0 Å². The van der Waals surface area contributed by atoms with E-state index in [9.17, 15) is 9.90 Å². The summed E-state index contributed by atoms with van der Waals surface area (Å²) in [6, 6.07) is 3.47. The second kappa shape index (κ2) is 11.0. The van der Waals surface area contributed by atoms with Crippen molar-refractivity contribution >= 4 is 11.7 Å². The standard InChI is InChI=1S/C19H32N2O2/c1-4-5-6-7-8-9-10-11-12-18(19(22)23)21-15-13-17(14-16-21)20(2)3/h13-16,18H,4-12H2,1-3H3/p+1. The lowest BCUT2D eigenvalue weighted by atomic mass is 10.0. The fourth-order valence-corrected chi connectivity index (χ4v) is 2.81. The Morgan fingerprint density at radius 1 is 1.04 bits per heavy atom. The van der Waals surface area contributed by atoms with Gasteiger partial charge in [-0.15, -0.1) is 0 Å². The molecular formula is C19H33N2O2+. The number of anilines is 1. The summed E-state index contributed by atoms with van der Waals surface area (Å²) in [5.74, 6) is -0.740. The van der Waals surface area contributed by atoms with Gasteiger partial charge in [0, 0.05) is 38.3 Å². The molecule has 23 heavy (non-hydrogen) atoms. The van der Waals surface area contributed by atoms with Crippen LogP contribution in [0.1, 0.15) is 70.8 Å². The van der Waals surface area contributed by atoms with Crippen LogP contribution in [0.2, 0.25) is 0 Å². The maximum atomic E-state index is 11.5. The average molecular weight is 321 g/mol. The molecule has 130 valence electrons. The summed E-state index contributed by atoms with van der Waals surface area (Å²) in [7, 11) is 3.96. The maximum Gasteiger partial charge on any atom is 0.373 e. The van der Waals surface area contributed by atoms with E-state index in [0.717, 1.165) is 18.5 Å². The molecule has 0 aliphatic rings. The number of rotatable bonds is 12. The number of nitrogens with zero attached hydrogens (tertiary/aromatic N) is 2. The van der Waals surface area contributed by atoms with Crippen molar-refractivity contribution in [3.63, 3.8) is 0 Å². The Morgan fingerprint density at radius 3 is 2.04 bits per heavy atom. The molecule has 0 bridgehead atoms. The van der Waals surface area contributed by atoms with Crippen molar-refractivity contribution in [2.24, 2.45) is 0 Å². The van der Waals surface area contributed by atoms with E-state index in [1.807, 2.05) is 48.1 Å². The van der Waals surface area contributed by atoms with Crippen LogP contribution in [0.25, 0.3) is 0 Å². The lowest BCUT2D eigenvalue weighted by molar-refractivity contribution is -0.711. The highest BCUT2D eigenvalue weighted by molar-refractivity contribution is 5.69. The predicted octanol–water partition coefficient (Wildman–Crippen LogP) is 4.20. The van der Waals surface area contributed by atoms with E-state index in [-0.39, 0.29) is 0 Å². The minimum absolute atomic E-state index is 0.452. The molecule has 0 spiro atoms. The molecule has 1 atom stereocenters. The summed E-state index contributed by atoms with van der Waals surface area (Å²) < 4.78 is 1.82. The summed E-state index contributed by atoms with van der Waals surface area (Å²) in [6.45, 7) is 2.23. The van der Waals surface area contributed by atoms with Gasteiger partial charge in [-0.25, -0.2) is 4.79 Å². The van der Waals surface area contributed by atoms with Crippen molar-refractivity contribution in [3.8, 4) is 0 Å². The third-order valence-corrected chi connectivity index (χ3v) is 4.33. The zero-order valence-corrected chi connectivity index (χ0v) is 15.0. The van der Waals surface area contributed by atoms with Gasteiger partial charge in [-0.2, -0.15) is 4.57 Å². The van der Waals surface area contributed by atoms with Crippen LogP contribution in [0.3, 0.4) is 0 Å². The van der Waals surface area contributed by atoms with Crippen molar-refractivity contribution in [2.75, 3.05) is 19.0 Å². The number of carbonyl (C=O) groups is 1. The van der Waals surface area contributed by atoms with Gasteiger partial charge in [0.25, 0.3) is 6.04 Å². The molecule has 0 fully saturated rings. The van der Waals surface area contributed by atoms with Gasteiger partial charge in [-0.1, -0.05) is 51.9 Å². The Kier molecular flexibility index (Phi) is 9.34. The van der Waals surface area contributed by atoms with Crippen LogP contribution in [0, 0.1) is 0 Å². The topological polar surface area (TPSA) is 44.4 Å². The highest BCUT2D eigenvalue weighted by Crippen LogP contribution is 2.15. The summed E-state index contributed by atoms with van der Waals surface area (Å²) in [5, 5.41) is 9.47. The van der Waals surface area contributed by atoms with E-state index in [2.05, 4.69) is 6.92 Å². The van der Waals surface area contributed by atoms with Crippen LogP contribution >= 0.6 is 0 Å². The number of aliphatic carboxylic acids is 1. The molecule has 0 aromatic carbocycles. The third-order valence-electron chi connectivity index (χ3n) is 4.33. The second-order valence-electron chi connectivity index (χ2n) is 6.52. The van der Waals surface area contributed by atoms with E-state index in [1.54, 1.807) is 0 Å². The monoisotopic (exact) mass is 321 g/mol. The van der Waals surface area contributed by atoms with Gasteiger partial charge in [0.1, 0.15) is 0 Å². The minimum atomic E-state index is -0.740. The molecule has 1 heterocycles. The van der Waals surface area contributed by atoms with Gasteiger partial charge in [0.05, 0.1) is 0 Å². The van der Waals surface area contributed by atoms with Crippen molar-refractivity contribution in [1.29, 1.82) is 0 Å². The predicted molar refractivity (Wildman–Crippen MR) is 94.9 cm³/mol. The van der Waals surface area contributed by atoms with E-state index in [1.165, 1.54) is 38.5 Å². The van der Waals surface area contributed by atoms with Crippen molar-refractivity contribution in [3.05, 3.63) is 24.5 Å². The number of aromatic nitrogens is 1. The quantitative estimate of drug-likeness (QED) is 0.463. The molecule has 4 nitrogen and oxygen atoms in total. The second-order valence-corrected chi connectivity index (χ2v) is 6.52. The minimum Gasteiger partial charge on any atom is -0.476 e. The van der Waals surface area contributed by atoms with Crippen LogP contribution in [-0.4, -0.2) is 25.2 Å². The van der Waals surface area contributed by atoms with Gasteiger partial charge in [0.15, 0.2) is 12.4 Å². The third kappa shape index (κ3) is 7.49. The van der Waals surface area contributed by atoms with Crippen molar-refractivity contribution in [2.45, 2.75) is 70.8 Å². The molecule has 1 aromatic rings. The molecule has 1 aromatic heterocycles. The molecule has 0 radical (unpaired) electrons. The Hall–Kier alpha value is -1.58. The lowest BCUT2D eigenvalue weighted by Crippen LogP contribution is -2.43. The Labute approximate surface area is 141 Å². The first-order valence-corrected chi connectivity index (χ1v) is 8.97. The fraction of sp³-hybridized carbons (Fsp3) is 0.684. The molecule has 1 N–H and O–H groups in total. The summed E-state index contributed by atoms with van der Waals surface area (Å²) in [5.41, 5.74) is 1.08. The summed E-state index contributed by atoms with van der Waals surface area (Å²) in [4.78, 5) is 13.5. The van der Waals surface area contributed by atoms with E-state index < -0.39 is 12.0 Å². The average Bonchev–Trinajstić information content (AvgIpc) is 2.53. The number of carboxylic acid groups (broad SMARTS) is 1. The molecule has 0 aliphatic carbocycles. The molecule has 4 heteroatoms. The normalized spacial score (nSPS) is 12.1. The molecule has 0 amide bonds. The largest absolute Gasteiger partial charge is 0.476 e. The van der Waals surface area contributed by atoms with Gasteiger partial charge in [-0.3, -0.25) is 0 Å². The maximum absolute atomic E-state index is 11.5. The first kappa shape index (κ1) is 19.5. The molecular weight excluding hydrogens is 288 g/mol. The zero-order chi connectivity index (χ0) is 17.1. The number of carboxylic acids is 1. The Morgan fingerprint density at radius 2 is 1.57 bits per heavy atom. The molecule has 0 saturated carbocycles. The van der Waals surface area contributed by atoms with Crippen LogP contribution in [0.4, 0.5) is 5.69 Å². The Bertz CT molecular complexity index is 443. The van der Waals surface area contributed by atoms with Gasteiger partial charge in [0.2, 0.25) is 0 Å². The SMILES string of the molecule is CCCCCCCCCCC(C(=O)O)[n+]1ccc(N(C)C)cc1. The Balaban J connectivity index is 2.36. The number of hydrogen-bond acceptors (Lipinski definition) is 2. The molecule has 1 rings (SSSR count). The summed E-state index contributed by atoms with van der Waals surface area (Å²) >= 11 is 0. The number of hydrogen-bond donors (Lipinski definition) is 1. The van der Waals surface area contributed by atoms with E-state index in [0.29, 0.717) is 6.42 Å². The fourth-order valence-electron chi connectivity index (χ4n) is 2.81. The van der Waals surface area contributed by atoms with Gasteiger partial charge < -0.3 is 10.0 Å². The number of pyridine rings is 1. The van der Waals surface area contributed by atoms with Gasteiger partial charge >= 0.3 is 5.97 Å². The van der Waals surface area contributed by atoms with E-state index >= 15 is 0 Å². The van der Waals surface area contributed by atoms with Crippen molar-refractivity contribution in [1.82, 2.24) is 0 Å². The van der Waals surface area contributed by atoms with Crippen LogP contribution in [0.15, 0.2) is 24.5 Å². The van der Waals surface area contributed by atoms with E-state index in [4.69, 9.17) is 0 Å². The molecule has 0 aliphatic heterocycles. The highest BCUT2D eigenvalue weighted by Gasteiger charge is 2.26. The molecule has 1 unspecified atom stereocenters.